The van der Waals surface area contributed by atoms with Gasteiger partial charge in [-0.25, -0.2) is 0 Å². The molecule has 0 radical (unpaired) electrons. The van der Waals surface area contributed by atoms with Crippen molar-refractivity contribution in [3.8, 4) is 0 Å². The molecule has 0 bridgehead atoms. The lowest BCUT2D eigenvalue weighted by Crippen LogP contribution is -2.23. The van der Waals surface area contributed by atoms with Crippen molar-refractivity contribution in [3.05, 3.63) is 84.1 Å². The van der Waals surface area contributed by atoms with Crippen LogP contribution in [0.3, 0.4) is 0 Å². The fraction of sp³-hybridized carbons (Fsp3) is 0.222. The van der Waals surface area contributed by atoms with Crippen LogP contribution in [-0.2, 0) is 4.74 Å². The van der Waals surface area contributed by atoms with E-state index in [0.29, 0.717) is 5.92 Å². The molecule has 1 heteroatoms. The fourth-order valence-electron chi connectivity index (χ4n) is 2.74. The number of allylic oxidation sites excluding steroid dienone is 1. The van der Waals surface area contributed by atoms with Crippen molar-refractivity contribution in [2.75, 3.05) is 0 Å². The zero-order chi connectivity index (χ0) is 12.9. The molecule has 0 saturated heterocycles. The first-order valence-corrected chi connectivity index (χ1v) is 6.85. The molecule has 1 aliphatic rings. The lowest BCUT2D eigenvalue weighted by molar-refractivity contribution is 0.109. The molecule has 96 valence electrons. The largest absolute Gasteiger partial charge is 0.497 e. The van der Waals surface area contributed by atoms with Crippen LogP contribution >= 0.6 is 0 Å². The molecule has 0 amide bonds. The number of hydrogen-bond acceptors (Lipinski definition) is 1. The first kappa shape index (κ1) is 12.0. The van der Waals surface area contributed by atoms with Crippen LogP contribution in [0.25, 0.3) is 0 Å². The van der Waals surface area contributed by atoms with Gasteiger partial charge in [0, 0.05) is 5.92 Å². The SMILES string of the molecule is C1=COC(C(c2ccccc2)c2ccccc2)CC1. The molecule has 2 aromatic carbocycles. The van der Waals surface area contributed by atoms with Crippen molar-refractivity contribution < 1.29 is 4.74 Å². The quantitative estimate of drug-likeness (QED) is 0.778. The zero-order valence-corrected chi connectivity index (χ0v) is 10.9. The van der Waals surface area contributed by atoms with Gasteiger partial charge in [-0.15, -0.1) is 0 Å². The van der Waals surface area contributed by atoms with Crippen molar-refractivity contribution in [2.24, 2.45) is 0 Å². The van der Waals surface area contributed by atoms with E-state index >= 15 is 0 Å². The Labute approximate surface area is 114 Å². The maximum absolute atomic E-state index is 5.87. The summed E-state index contributed by atoms with van der Waals surface area (Å²) in [6.07, 6.45) is 6.36. The van der Waals surface area contributed by atoms with Crippen LogP contribution in [0, 0.1) is 0 Å². The molecule has 1 aliphatic heterocycles. The van der Waals surface area contributed by atoms with E-state index in [1.54, 1.807) is 0 Å². The predicted molar refractivity (Wildman–Crippen MR) is 78.0 cm³/mol. The van der Waals surface area contributed by atoms with Gasteiger partial charge in [0.25, 0.3) is 0 Å². The Kier molecular flexibility index (Phi) is 3.64. The van der Waals surface area contributed by atoms with E-state index in [-0.39, 0.29) is 6.10 Å². The Morgan fingerprint density at radius 3 is 1.89 bits per heavy atom. The summed E-state index contributed by atoms with van der Waals surface area (Å²) in [5, 5.41) is 0. The minimum atomic E-state index is 0.231. The van der Waals surface area contributed by atoms with Gasteiger partial charge in [0.05, 0.1) is 6.26 Å². The number of hydrogen-bond donors (Lipinski definition) is 0. The minimum Gasteiger partial charge on any atom is -0.497 e. The van der Waals surface area contributed by atoms with Gasteiger partial charge >= 0.3 is 0 Å². The minimum absolute atomic E-state index is 0.231. The standard InChI is InChI=1S/C18H18O/c1-3-9-15(10-4-1)18(16-11-5-2-6-12-16)17-13-7-8-14-19-17/h1-6,8-12,14,17-18H,7,13H2. The number of benzene rings is 2. The van der Waals surface area contributed by atoms with Crippen molar-refractivity contribution in [1.82, 2.24) is 0 Å². The second-order valence-electron chi connectivity index (χ2n) is 4.92. The molecule has 3 rings (SSSR count). The summed E-state index contributed by atoms with van der Waals surface area (Å²) in [5.74, 6) is 0.312. The molecule has 1 heterocycles. The molecule has 0 saturated carbocycles. The first-order valence-electron chi connectivity index (χ1n) is 6.85. The van der Waals surface area contributed by atoms with Gasteiger partial charge in [-0.2, -0.15) is 0 Å². The second-order valence-corrected chi connectivity index (χ2v) is 4.92. The van der Waals surface area contributed by atoms with E-state index in [1.165, 1.54) is 11.1 Å². The molecule has 0 aliphatic carbocycles. The van der Waals surface area contributed by atoms with Crippen LogP contribution in [-0.4, -0.2) is 6.10 Å². The maximum Gasteiger partial charge on any atom is 0.109 e. The lowest BCUT2D eigenvalue weighted by atomic mass is 9.84. The van der Waals surface area contributed by atoms with E-state index < -0.39 is 0 Å². The Bertz CT molecular complexity index is 491. The van der Waals surface area contributed by atoms with Crippen LogP contribution in [0.1, 0.15) is 29.9 Å². The highest BCUT2D eigenvalue weighted by Crippen LogP contribution is 2.33. The topological polar surface area (TPSA) is 9.23 Å². The average Bonchev–Trinajstić information content (AvgIpc) is 2.51. The molecule has 1 unspecified atom stereocenters. The summed E-state index contributed by atoms with van der Waals surface area (Å²) < 4.78 is 5.87. The summed E-state index contributed by atoms with van der Waals surface area (Å²) in [6.45, 7) is 0. The van der Waals surface area contributed by atoms with E-state index in [2.05, 4.69) is 66.7 Å². The molecular formula is C18H18O. The number of rotatable bonds is 3. The Morgan fingerprint density at radius 1 is 0.842 bits per heavy atom. The van der Waals surface area contributed by atoms with Gasteiger partial charge in [0.1, 0.15) is 6.10 Å². The monoisotopic (exact) mass is 250 g/mol. The predicted octanol–water partition coefficient (Wildman–Crippen LogP) is 4.51. The zero-order valence-electron chi connectivity index (χ0n) is 10.9. The molecule has 19 heavy (non-hydrogen) atoms. The first-order chi connectivity index (χ1) is 9.45. The molecule has 2 aromatic rings. The third-order valence-electron chi connectivity index (χ3n) is 3.66. The molecule has 1 atom stereocenters. The van der Waals surface area contributed by atoms with Gasteiger partial charge < -0.3 is 4.74 Å². The third-order valence-corrected chi connectivity index (χ3v) is 3.66. The highest BCUT2D eigenvalue weighted by Gasteiger charge is 2.26. The maximum atomic E-state index is 5.87. The van der Waals surface area contributed by atoms with Gasteiger partial charge in [-0.05, 0) is 30.0 Å². The summed E-state index contributed by atoms with van der Waals surface area (Å²) >= 11 is 0. The van der Waals surface area contributed by atoms with E-state index in [0.717, 1.165) is 12.8 Å². The third kappa shape index (κ3) is 2.70. The van der Waals surface area contributed by atoms with E-state index in [4.69, 9.17) is 4.74 Å². The van der Waals surface area contributed by atoms with Crippen LogP contribution in [0.5, 0.6) is 0 Å². The summed E-state index contributed by atoms with van der Waals surface area (Å²) in [5.41, 5.74) is 2.66. The normalized spacial score (nSPS) is 18.3. The molecule has 0 N–H and O–H groups in total. The Morgan fingerprint density at radius 2 is 1.42 bits per heavy atom. The molecule has 0 spiro atoms. The van der Waals surface area contributed by atoms with Crippen LogP contribution in [0.15, 0.2) is 73.0 Å². The van der Waals surface area contributed by atoms with Crippen LogP contribution in [0.2, 0.25) is 0 Å². The lowest BCUT2D eigenvalue weighted by Gasteiger charge is -2.29. The highest BCUT2D eigenvalue weighted by atomic mass is 16.5. The van der Waals surface area contributed by atoms with Crippen molar-refractivity contribution in [1.29, 1.82) is 0 Å². The molecule has 0 fully saturated rings. The Balaban J connectivity index is 1.98. The van der Waals surface area contributed by atoms with Crippen molar-refractivity contribution in [3.63, 3.8) is 0 Å². The average molecular weight is 250 g/mol. The molecular weight excluding hydrogens is 232 g/mol. The van der Waals surface area contributed by atoms with Crippen molar-refractivity contribution in [2.45, 2.75) is 24.9 Å². The van der Waals surface area contributed by atoms with Crippen LogP contribution < -0.4 is 0 Å². The van der Waals surface area contributed by atoms with Gasteiger partial charge in [0.15, 0.2) is 0 Å². The fourth-order valence-corrected chi connectivity index (χ4v) is 2.74. The molecule has 1 nitrogen and oxygen atoms in total. The Hall–Kier alpha value is -2.02. The summed E-state index contributed by atoms with van der Waals surface area (Å²) in [6, 6.07) is 21.3. The van der Waals surface area contributed by atoms with Crippen LogP contribution in [0.4, 0.5) is 0 Å². The highest BCUT2D eigenvalue weighted by molar-refractivity contribution is 5.34. The van der Waals surface area contributed by atoms with Gasteiger partial charge in [-0.3, -0.25) is 0 Å². The number of ether oxygens (including phenoxy) is 1. The van der Waals surface area contributed by atoms with Crippen molar-refractivity contribution >= 4 is 0 Å². The van der Waals surface area contributed by atoms with E-state index in [9.17, 15) is 0 Å². The summed E-state index contributed by atoms with van der Waals surface area (Å²) in [4.78, 5) is 0. The molecule has 0 aromatic heterocycles. The smallest absolute Gasteiger partial charge is 0.109 e. The summed E-state index contributed by atoms with van der Waals surface area (Å²) in [7, 11) is 0. The second kappa shape index (κ2) is 5.75. The van der Waals surface area contributed by atoms with Gasteiger partial charge in [0.2, 0.25) is 0 Å². The van der Waals surface area contributed by atoms with Gasteiger partial charge in [-0.1, -0.05) is 60.7 Å². The van der Waals surface area contributed by atoms with E-state index in [1.807, 2.05) is 6.26 Å².